The highest BCUT2D eigenvalue weighted by molar-refractivity contribution is 7.10. The summed E-state index contributed by atoms with van der Waals surface area (Å²) in [7, 11) is 0. The van der Waals surface area contributed by atoms with Crippen LogP contribution in [0.4, 0.5) is 11.6 Å². The molecule has 1 aliphatic heterocycles. The molecular formula is C14H19N5S. The Kier molecular flexibility index (Phi) is 3.84. The summed E-state index contributed by atoms with van der Waals surface area (Å²) in [6, 6.07) is 4.14. The molecule has 2 aromatic heterocycles. The number of aryl methyl sites for hydroxylation is 1. The van der Waals surface area contributed by atoms with Gasteiger partial charge in [0.25, 0.3) is 0 Å². The van der Waals surface area contributed by atoms with E-state index in [-0.39, 0.29) is 0 Å². The molecule has 6 heteroatoms. The lowest BCUT2D eigenvalue weighted by atomic mass is 10.1. The van der Waals surface area contributed by atoms with Crippen LogP contribution in [0, 0.1) is 0 Å². The second kappa shape index (κ2) is 5.76. The number of hydrogen-bond acceptors (Lipinski definition) is 6. The predicted molar refractivity (Wildman–Crippen MR) is 82.9 cm³/mol. The third-order valence-corrected chi connectivity index (χ3v) is 4.54. The molecule has 106 valence electrons. The van der Waals surface area contributed by atoms with Crippen molar-refractivity contribution in [3.05, 3.63) is 33.8 Å². The van der Waals surface area contributed by atoms with Crippen molar-refractivity contribution in [2.24, 2.45) is 5.84 Å². The van der Waals surface area contributed by atoms with Crippen molar-refractivity contribution in [1.29, 1.82) is 0 Å². The number of thiophene rings is 1. The summed E-state index contributed by atoms with van der Waals surface area (Å²) in [5.74, 6) is 8.03. The molecule has 0 spiro atoms. The maximum absolute atomic E-state index is 5.52. The van der Waals surface area contributed by atoms with Crippen molar-refractivity contribution < 1.29 is 0 Å². The van der Waals surface area contributed by atoms with Crippen LogP contribution in [0.2, 0.25) is 0 Å². The Labute approximate surface area is 122 Å². The fourth-order valence-corrected chi connectivity index (χ4v) is 3.39. The number of rotatable bonds is 4. The smallest absolute Gasteiger partial charge is 0.145 e. The van der Waals surface area contributed by atoms with Crippen molar-refractivity contribution in [3.8, 4) is 0 Å². The van der Waals surface area contributed by atoms with Gasteiger partial charge in [-0.3, -0.25) is 0 Å². The number of nitrogens with two attached hydrogens (primary N) is 1. The van der Waals surface area contributed by atoms with E-state index in [4.69, 9.17) is 5.84 Å². The highest BCUT2D eigenvalue weighted by Crippen LogP contribution is 2.27. The molecule has 0 radical (unpaired) electrons. The Hall–Kier alpha value is -1.66. The Balaban J connectivity index is 1.88. The topological polar surface area (TPSA) is 67.1 Å². The maximum atomic E-state index is 5.52. The van der Waals surface area contributed by atoms with Gasteiger partial charge in [0.2, 0.25) is 0 Å². The van der Waals surface area contributed by atoms with E-state index in [1.54, 1.807) is 0 Å². The quantitative estimate of drug-likeness (QED) is 0.668. The third kappa shape index (κ3) is 2.62. The first-order chi connectivity index (χ1) is 9.80. The zero-order chi connectivity index (χ0) is 13.9. The molecular weight excluding hydrogens is 270 g/mol. The van der Waals surface area contributed by atoms with Gasteiger partial charge < -0.3 is 10.3 Å². The molecule has 20 heavy (non-hydrogen) atoms. The zero-order valence-electron chi connectivity index (χ0n) is 11.6. The van der Waals surface area contributed by atoms with Crippen LogP contribution in [0.5, 0.6) is 0 Å². The second-order valence-electron chi connectivity index (χ2n) is 4.96. The summed E-state index contributed by atoms with van der Waals surface area (Å²) >= 11 is 1.85. The first-order valence-electron chi connectivity index (χ1n) is 6.95. The highest BCUT2D eigenvalue weighted by Gasteiger charge is 2.19. The Morgan fingerprint density at radius 2 is 2.35 bits per heavy atom. The number of nitrogens with one attached hydrogen (secondary N) is 1. The number of fused-ring (bicyclic) bond motifs is 1. The maximum Gasteiger partial charge on any atom is 0.145 e. The normalized spacial score (nSPS) is 14.2. The summed E-state index contributed by atoms with van der Waals surface area (Å²) < 4.78 is 0. The molecule has 3 rings (SSSR count). The molecule has 1 aliphatic rings. The molecule has 0 fully saturated rings. The van der Waals surface area contributed by atoms with Gasteiger partial charge in [-0.15, -0.1) is 11.3 Å². The summed E-state index contributed by atoms with van der Waals surface area (Å²) in [5, 5.41) is 2.17. The number of anilines is 2. The zero-order valence-corrected chi connectivity index (χ0v) is 12.4. The first kappa shape index (κ1) is 13.3. The van der Waals surface area contributed by atoms with Gasteiger partial charge in [0.15, 0.2) is 0 Å². The lowest BCUT2D eigenvalue weighted by molar-refractivity contribution is 0.721. The average Bonchev–Trinajstić information content (AvgIpc) is 2.94. The molecule has 0 aromatic carbocycles. The molecule has 0 amide bonds. The van der Waals surface area contributed by atoms with Crippen LogP contribution in [0.1, 0.15) is 29.6 Å². The molecule has 0 aliphatic carbocycles. The summed E-state index contributed by atoms with van der Waals surface area (Å²) in [6.45, 7) is 4.05. The largest absolute Gasteiger partial charge is 0.352 e. The minimum absolute atomic E-state index is 0.689. The van der Waals surface area contributed by atoms with E-state index < -0.39 is 0 Å². The number of nitrogens with zero attached hydrogens (tertiary/aromatic N) is 3. The Morgan fingerprint density at radius 1 is 1.45 bits per heavy atom. The van der Waals surface area contributed by atoms with Crippen LogP contribution in [-0.4, -0.2) is 16.5 Å². The standard InChI is InChI=1S/C14H19N5S/c1-2-3-12-16-13(18-15)8-14(17-12)19-6-4-11-10(9-19)5-7-20-11/h5,7-8H,2-4,6,9,15H2,1H3,(H,16,17,18). The Bertz CT molecular complexity index is 595. The molecule has 2 aromatic rings. The second-order valence-corrected chi connectivity index (χ2v) is 5.96. The third-order valence-electron chi connectivity index (χ3n) is 3.51. The number of nitrogen functional groups attached to an aromatic ring is 1. The van der Waals surface area contributed by atoms with Gasteiger partial charge in [-0.25, -0.2) is 15.8 Å². The molecule has 0 bridgehead atoms. The average molecular weight is 289 g/mol. The van der Waals surface area contributed by atoms with Crippen molar-refractivity contribution >= 4 is 23.0 Å². The van der Waals surface area contributed by atoms with Gasteiger partial charge in [0.1, 0.15) is 17.5 Å². The fourth-order valence-electron chi connectivity index (χ4n) is 2.50. The van der Waals surface area contributed by atoms with E-state index >= 15 is 0 Å². The van der Waals surface area contributed by atoms with Gasteiger partial charge >= 0.3 is 0 Å². The van der Waals surface area contributed by atoms with Crippen LogP contribution < -0.4 is 16.2 Å². The van der Waals surface area contributed by atoms with E-state index in [1.807, 2.05) is 17.4 Å². The molecule has 0 atom stereocenters. The molecule has 3 heterocycles. The van der Waals surface area contributed by atoms with Crippen LogP contribution in [0.15, 0.2) is 17.5 Å². The van der Waals surface area contributed by atoms with E-state index in [1.165, 1.54) is 10.4 Å². The van der Waals surface area contributed by atoms with Gasteiger partial charge in [-0.2, -0.15) is 0 Å². The highest BCUT2D eigenvalue weighted by atomic mass is 32.1. The van der Waals surface area contributed by atoms with Crippen molar-refractivity contribution in [1.82, 2.24) is 9.97 Å². The predicted octanol–water partition coefficient (Wildman–Crippen LogP) is 2.34. The van der Waals surface area contributed by atoms with E-state index in [9.17, 15) is 0 Å². The summed E-state index contributed by atoms with van der Waals surface area (Å²) in [6.07, 6.45) is 2.99. The number of hydrazine groups is 1. The van der Waals surface area contributed by atoms with Crippen LogP contribution in [-0.2, 0) is 19.4 Å². The van der Waals surface area contributed by atoms with Crippen LogP contribution >= 0.6 is 11.3 Å². The molecule has 5 nitrogen and oxygen atoms in total. The molecule has 0 unspecified atom stereocenters. The van der Waals surface area contributed by atoms with Crippen molar-refractivity contribution in [3.63, 3.8) is 0 Å². The lowest BCUT2D eigenvalue weighted by Crippen LogP contribution is -2.30. The monoisotopic (exact) mass is 289 g/mol. The van der Waals surface area contributed by atoms with Gasteiger partial charge in [0, 0.05) is 30.5 Å². The van der Waals surface area contributed by atoms with E-state index in [0.717, 1.165) is 44.0 Å². The molecule has 0 saturated heterocycles. The number of hydrogen-bond donors (Lipinski definition) is 2. The van der Waals surface area contributed by atoms with Crippen LogP contribution in [0.3, 0.4) is 0 Å². The summed E-state index contributed by atoms with van der Waals surface area (Å²) in [5.41, 5.74) is 4.06. The minimum atomic E-state index is 0.689. The lowest BCUT2D eigenvalue weighted by Gasteiger charge is -2.28. The van der Waals surface area contributed by atoms with Crippen LogP contribution in [0.25, 0.3) is 0 Å². The Morgan fingerprint density at radius 3 is 3.15 bits per heavy atom. The van der Waals surface area contributed by atoms with Gasteiger partial charge in [-0.05, 0) is 29.9 Å². The molecule has 3 N–H and O–H groups in total. The van der Waals surface area contributed by atoms with E-state index in [2.05, 4.69) is 38.7 Å². The van der Waals surface area contributed by atoms with E-state index in [0.29, 0.717) is 5.82 Å². The summed E-state index contributed by atoms with van der Waals surface area (Å²) in [4.78, 5) is 12.9. The van der Waals surface area contributed by atoms with Crippen molar-refractivity contribution in [2.45, 2.75) is 32.7 Å². The van der Waals surface area contributed by atoms with Gasteiger partial charge in [-0.1, -0.05) is 6.92 Å². The fraction of sp³-hybridized carbons (Fsp3) is 0.429. The van der Waals surface area contributed by atoms with Gasteiger partial charge in [0.05, 0.1) is 0 Å². The molecule has 0 saturated carbocycles. The number of aromatic nitrogens is 2. The first-order valence-corrected chi connectivity index (χ1v) is 7.83. The van der Waals surface area contributed by atoms with Crippen molar-refractivity contribution in [2.75, 3.05) is 16.9 Å². The minimum Gasteiger partial charge on any atom is -0.352 e. The SMILES string of the molecule is CCCc1nc(NN)cc(N2CCc3sccc3C2)n1.